The zero-order valence-corrected chi connectivity index (χ0v) is 13.2. The summed E-state index contributed by atoms with van der Waals surface area (Å²) in [5.41, 5.74) is 1.50. The smallest absolute Gasteiger partial charge is 0.255 e. The molecular formula is C17H20N4O2. The van der Waals surface area contributed by atoms with Gasteiger partial charge in [-0.25, -0.2) is 0 Å². The molecule has 120 valence electrons. The number of aryl methyl sites for hydroxylation is 1. The predicted molar refractivity (Wildman–Crippen MR) is 87.1 cm³/mol. The number of piperazine rings is 1. The second-order valence-corrected chi connectivity index (χ2v) is 5.76. The minimum absolute atomic E-state index is 0.0157. The van der Waals surface area contributed by atoms with Gasteiger partial charge in [-0.05, 0) is 18.2 Å². The van der Waals surface area contributed by atoms with Gasteiger partial charge in [-0.15, -0.1) is 0 Å². The number of nitrogens with zero attached hydrogens (tertiary/aromatic N) is 4. The van der Waals surface area contributed by atoms with Crippen LogP contribution in [-0.4, -0.2) is 51.4 Å². The molecule has 1 fully saturated rings. The van der Waals surface area contributed by atoms with Gasteiger partial charge < -0.3 is 9.47 Å². The lowest BCUT2D eigenvalue weighted by Crippen LogP contribution is -2.48. The summed E-state index contributed by atoms with van der Waals surface area (Å²) in [6.45, 7) is 3.84. The molecular weight excluding hydrogens is 292 g/mol. The highest BCUT2D eigenvalue weighted by molar-refractivity contribution is 5.94. The molecule has 0 spiro atoms. The molecule has 0 unspecified atom stereocenters. The summed E-state index contributed by atoms with van der Waals surface area (Å²) in [4.78, 5) is 32.4. The lowest BCUT2D eigenvalue weighted by Gasteiger charge is -2.34. The van der Waals surface area contributed by atoms with Crippen LogP contribution in [0.3, 0.4) is 0 Å². The van der Waals surface area contributed by atoms with Crippen molar-refractivity contribution in [2.45, 2.75) is 6.54 Å². The van der Waals surface area contributed by atoms with Gasteiger partial charge in [0.25, 0.3) is 5.91 Å². The molecule has 6 heteroatoms. The average Bonchev–Trinajstić information content (AvgIpc) is 2.58. The molecule has 0 aromatic carbocycles. The fraction of sp³-hybridized carbons (Fsp3) is 0.353. The van der Waals surface area contributed by atoms with E-state index in [0.29, 0.717) is 18.7 Å². The maximum absolute atomic E-state index is 12.5. The van der Waals surface area contributed by atoms with Crippen LogP contribution in [-0.2, 0) is 13.6 Å². The Kier molecular flexibility index (Phi) is 4.52. The Morgan fingerprint density at radius 1 is 1.13 bits per heavy atom. The largest absolute Gasteiger partial charge is 0.336 e. The lowest BCUT2D eigenvalue weighted by molar-refractivity contribution is 0.0626. The minimum atomic E-state index is -0.110. The fourth-order valence-corrected chi connectivity index (χ4v) is 2.73. The highest BCUT2D eigenvalue weighted by Gasteiger charge is 2.22. The number of carbonyl (C=O) groups is 1. The van der Waals surface area contributed by atoms with Gasteiger partial charge in [-0.2, -0.15) is 0 Å². The van der Waals surface area contributed by atoms with E-state index in [4.69, 9.17) is 0 Å². The molecule has 23 heavy (non-hydrogen) atoms. The molecule has 1 amide bonds. The third-order valence-electron chi connectivity index (χ3n) is 4.10. The molecule has 0 bridgehead atoms. The van der Waals surface area contributed by atoms with Crippen LogP contribution in [0.2, 0.25) is 0 Å². The van der Waals surface area contributed by atoms with Crippen molar-refractivity contribution in [1.29, 1.82) is 0 Å². The molecule has 0 N–H and O–H groups in total. The first kappa shape index (κ1) is 15.4. The van der Waals surface area contributed by atoms with Crippen molar-refractivity contribution in [3.63, 3.8) is 0 Å². The van der Waals surface area contributed by atoms with Crippen molar-refractivity contribution < 1.29 is 4.79 Å². The summed E-state index contributed by atoms with van der Waals surface area (Å²) in [7, 11) is 1.66. The van der Waals surface area contributed by atoms with Crippen molar-refractivity contribution >= 4 is 5.91 Å². The quantitative estimate of drug-likeness (QED) is 0.839. The average molecular weight is 312 g/mol. The van der Waals surface area contributed by atoms with E-state index in [9.17, 15) is 9.59 Å². The molecule has 0 aliphatic carbocycles. The van der Waals surface area contributed by atoms with E-state index in [0.717, 1.165) is 25.3 Å². The molecule has 1 aliphatic heterocycles. The van der Waals surface area contributed by atoms with Crippen LogP contribution >= 0.6 is 0 Å². The third-order valence-corrected chi connectivity index (χ3v) is 4.10. The van der Waals surface area contributed by atoms with E-state index in [1.165, 1.54) is 10.6 Å². The molecule has 1 saturated heterocycles. The van der Waals surface area contributed by atoms with Crippen LogP contribution < -0.4 is 5.56 Å². The zero-order valence-electron chi connectivity index (χ0n) is 13.2. The summed E-state index contributed by atoms with van der Waals surface area (Å²) in [5.74, 6) is -0.0157. The number of aromatic nitrogens is 2. The van der Waals surface area contributed by atoms with Gasteiger partial charge in [0.15, 0.2) is 0 Å². The molecule has 3 rings (SSSR count). The van der Waals surface area contributed by atoms with Gasteiger partial charge in [0, 0.05) is 58.2 Å². The van der Waals surface area contributed by atoms with Crippen molar-refractivity contribution in [3.05, 3.63) is 64.3 Å². The molecule has 0 saturated carbocycles. The second-order valence-electron chi connectivity index (χ2n) is 5.76. The molecule has 0 radical (unpaired) electrons. The summed E-state index contributed by atoms with van der Waals surface area (Å²) >= 11 is 0. The van der Waals surface area contributed by atoms with Crippen LogP contribution in [0.4, 0.5) is 0 Å². The summed E-state index contributed by atoms with van der Waals surface area (Å²) < 4.78 is 1.44. The van der Waals surface area contributed by atoms with Gasteiger partial charge in [-0.3, -0.25) is 19.5 Å². The Balaban J connectivity index is 1.59. The Bertz CT molecular complexity index is 734. The molecule has 2 aromatic heterocycles. The zero-order chi connectivity index (χ0) is 16.2. The number of carbonyl (C=O) groups excluding carboxylic acids is 1. The van der Waals surface area contributed by atoms with E-state index in [-0.39, 0.29) is 11.5 Å². The standard InChI is InChI=1S/C17H20N4O2/c1-19-12-14(5-6-16(19)22)17(23)21-10-8-20(9-11-21)13-15-4-2-3-7-18-15/h2-7,12H,8-11,13H2,1H3. The number of hydrogen-bond acceptors (Lipinski definition) is 4. The van der Waals surface area contributed by atoms with Crippen molar-refractivity contribution in [1.82, 2.24) is 19.4 Å². The highest BCUT2D eigenvalue weighted by atomic mass is 16.2. The Labute approximate surface area is 135 Å². The van der Waals surface area contributed by atoms with Gasteiger partial charge in [0.2, 0.25) is 5.56 Å². The van der Waals surface area contributed by atoms with Crippen molar-refractivity contribution in [3.8, 4) is 0 Å². The van der Waals surface area contributed by atoms with Crippen LogP contribution in [0.1, 0.15) is 16.1 Å². The monoisotopic (exact) mass is 312 g/mol. The van der Waals surface area contributed by atoms with E-state index in [2.05, 4.69) is 9.88 Å². The maximum atomic E-state index is 12.5. The van der Waals surface area contributed by atoms with Crippen LogP contribution in [0, 0.1) is 0 Å². The van der Waals surface area contributed by atoms with Crippen molar-refractivity contribution in [2.24, 2.45) is 7.05 Å². The normalized spacial score (nSPS) is 15.6. The van der Waals surface area contributed by atoms with Crippen LogP contribution in [0.25, 0.3) is 0 Å². The second kappa shape index (κ2) is 6.75. The number of amides is 1. The topological polar surface area (TPSA) is 58.4 Å². The van der Waals surface area contributed by atoms with E-state index < -0.39 is 0 Å². The molecule has 0 atom stereocenters. The highest BCUT2D eigenvalue weighted by Crippen LogP contribution is 2.10. The van der Waals surface area contributed by atoms with Crippen LogP contribution in [0.15, 0.2) is 47.5 Å². The maximum Gasteiger partial charge on any atom is 0.255 e. The van der Waals surface area contributed by atoms with E-state index >= 15 is 0 Å². The first-order chi connectivity index (χ1) is 11.1. The van der Waals surface area contributed by atoms with Gasteiger partial charge in [0.1, 0.15) is 0 Å². The Hall–Kier alpha value is -2.47. The number of rotatable bonds is 3. The summed E-state index contributed by atoms with van der Waals surface area (Å²) in [5, 5.41) is 0. The summed E-state index contributed by atoms with van der Waals surface area (Å²) in [6, 6.07) is 8.95. The summed E-state index contributed by atoms with van der Waals surface area (Å²) in [6.07, 6.45) is 3.40. The first-order valence-electron chi connectivity index (χ1n) is 7.72. The van der Waals surface area contributed by atoms with E-state index in [1.807, 2.05) is 23.1 Å². The van der Waals surface area contributed by atoms with E-state index in [1.54, 1.807) is 25.5 Å². The molecule has 6 nitrogen and oxygen atoms in total. The molecule has 1 aliphatic rings. The molecule has 3 heterocycles. The van der Waals surface area contributed by atoms with Gasteiger partial charge >= 0.3 is 0 Å². The Morgan fingerprint density at radius 3 is 2.57 bits per heavy atom. The van der Waals surface area contributed by atoms with Crippen molar-refractivity contribution in [2.75, 3.05) is 26.2 Å². The lowest BCUT2D eigenvalue weighted by atomic mass is 10.2. The third kappa shape index (κ3) is 3.65. The van der Waals surface area contributed by atoms with Crippen LogP contribution in [0.5, 0.6) is 0 Å². The number of hydrogen-bond donors (Lipinski definition) is 0. The predicted octanol–water partition coefficient (Wildman–Crippen LogP) is 0.738. The SMILES string of the molecule is Cn1cc(C(=O)N2CCN(Cc3ccccn3)CC2)ccc1=O. The minimum Gasteiger partial charge on any atom is -0.336 e. The Morgan fingerprint density at radius 2 is 1.91 bits per heavy atom. The fourth-order valence-electron chi connectivity index (χ4n) is 2.73. The van der Waals surface area contributed by atoms with Gasteiger partial charge in [0.05, 0.1) is 11.3 Å². The van der Waals surface area contributed by atoms with Gasteiger partial charge in [-0.1, -0.05) is 6.07 Å². The molecule has 2 aromatic rings. The first-order valence-corrected chi connectivity index (χ1v) is 7.72. The number of pyridine rings is 2.